The summed E-state index contributed by atoms with van der Waals surface area (Å²) in [5, 5.41) is 8.97. The summed E-state index contributed by atoms with van der Waals surface area (Å²) in [4.78, 5) is 11.0. The molecule has 1 rings (SSSR count). The van der Waals surface area contributed by atoms with Crippen LogP contribution in [0.2, 0.25) is 0 Å². The minimum absolute atomic E-state index is 0.0541. The number of hydrogen-bond acceptors (Lipinski definition) is 4. The fourth-order valence-electron chi connectivity index (χ4n) is 1.56. The SMILES string of the molecule is CCOC1(C(=O)O)CCS(=O)(=O)CC1. The lowest BCUT2D eigenvalue weighted by atomic mass is 9.97. The van der Waals surface area contributed by atoms with Gasteiger partial charge >= 0.3 is 5.97 Å². The zero-order valence-electron chi connectivity index (χ0n) is 8.02. The zero-order chi connectivity index (χ0) is 10.8. The molecule has 1 fully saturated rings. The normalized spacial score (nSPS) is 24.4. The fraction of sp³-hybridized carbons (Fsp3) is 0.875. The Morgan fingerprint density at radius 3 is 2.29 bits per heavy atom. The molecule has 5 nitrogen and oxygen atoms in total. The number of rotatable bonds is 3. The van der Waals surface area contributed by atoms with E-state index >= 15 is 0 Å². The van der Waals surface area contributed by atoms with Gasteiger partial charge in [-0.2, -0.15) is 0 Å². The molecule has 0 aromatic carbocycles. The maximum atomic E-state index is 11.1. The van der Waals surface area contributed by atoms with Gasteiger partial charge < -0.3 is 9.84 Å². The van der Waals surface area contributed by atoms with Crippen molar-refractivity contribution >= 4 is 15.8 Å². The molecule has 0 amide bonds. The molecule has 82 valence electrons. The van der Waals surface area contributed by atoms with Gasteiger partial charge in [-0.25, -0.2) is 13.2 Å². The first-order valence-corrected chi connectivity index (χ1v) is 6.32. The summed E-state index contributed by atoms with van der Waals surface area (Å²) in [5.41, 5.74) is -1.28. The molecule has 1 saturated heterocycles. The van der Waals surface area contributed by atoms with E-state index in [1.54, 1.807) is 6.92 Å². The highest BCUT2D eigenvalue weighted by molar-refractivity contribution is 7.91. The summed E-state index contributed by atoms with van der Waals surface area (Å²) < 4.78 is 27.4. The quantitative estimate of drug-likeness (QED) is 0.730. The monoisotopic (exact) mass is 222 g/mol. The first-order chi connectivity index (χ1) is 6.42. The molecule has 0 aromatic heterocycles. The maximum Gasteiger partial charge on any atom is 0.336 e. The van der Waals surface area contributed by atoms with E-state index < -0.39 is 21.4 Å². The molecule has 1 aliphatic heterocycles. The molecule has 0 spiro atoms. The number of carbonyl (C=O) groups is 1. The van der Waals surface area contributed by atoms with Gasteiger partial charge in [-0.15, -0.1) is 0 Å². The fourth-order valence-corrected chi connectivity index (χ4v) is 3.05. The molecular formula is C8H14O5S. The second-order valence-electron chi connectivity index (χ2n) is 3.38. The molecule has 0 bridgehead atoms. The molecule has 0 unspecified atom stereocenters. The number of aliphatic carboxylic acids is 1. The number of carboxylic acids is 1. The molecule has 0 aromatic rings. The first-order valence-electron chi connectivity index (χ1n) is 4.50. The van der Waals surface area contributed by atoms with E-state index in [-0.39, 0.29) is 31.0 Å². The summed E-state index contributed by atoms with van der Waals surface area (Å²) in [7, 11) is -3.05. The Balaban J connectivity index is 2.79. The summed E-state index contributed by atoms with van der Waals surface area (Å²) in [6, 6.07) is 0. The third-order valence-electron chi connectivity index (χ3n) is 2.44. The van der Waals surface area contributed by atoms with Crippen LogP contribution in [0.5, 0.6) is 0 Å². The second-order valence-corrected chi connectivity index (χ2v) is 5.69. The standard InChI is InChI=1S/C8H14O5S/c1-2-13-8(7(9)10)3-5-14(11,12)6-4-8/h2-6H2,1H3,(H,9,10). The molecule has 0 aliphatic carbocycles. The van der Waals surface area contributed by atoms with Crippen LogP contribution in [-0.4, -0.2) is 43.2 Å². The second kappa shape index (κ2) is 3.86. The Bertz CT molecular complexity index is 305. The van der Waals surface area contributed by atoms with Crippen LogP contribution in [0.15, 0.2) is 0 Å². The van der Waals surface area contributed by atoms with Gasteiger partial charge in [0, 0.05) is 19.4 Å². The molecule has 1 heterocycles. The van der Waals surface area contributed by atoms with Crippen LogP contribution in [0.3, 0.4) is 0 Å². The largest absolute Gasteiger partial charge is 0.479 e. The van der Waals surface area contributed by atoms with Gasteiger partial charge in [0.1, 0.15) is 0 Å². The van der Waals surface area contributed by atoms with E-state index in [0.29, 0.717) is 0 Å². The van der Waals surface area contributed by atoms with E-state index in [0.717, 1.165) is 0 Å². The lowest BCUT2D eigenvalue weighted by Crippen LogP contribution is -2.48. The van der Waals surface area contributed by atoms with Crippen LogP contribution in [0, 0.1) is 0 Å². The number of sulfone groups is 1. The molecule has 0 radical (unpaired) electrons. The van der Waals surface area contributed by atoms with Crippen molar-refractivity contribution in [2.45, 2.75) is 25.4 Å². The first kappa shape index (κ1) is 11.5. The minimum atomic E-state index is -3.05. The topological polar surface area (TPSA) is 80.7 Å². The van der Waals surface area contributed by atoms with Gasteiger partial charge in [-0.1, -0.05) is 0 Å². The average Bonchev–Trinajstić information content (AvgIpc) is 2.09. The van der Waals surface area contributed by atoms with Gasteiger partial charge in [0.2, 0.25) is 0 Å². The molecular weight excluding hydrogens is 208 g/mol. The zero-order valence-corrected chi connectivity index (χ0v) is 8.84. The van der Waals surface area contributed by atoms with Crippen LogP contribution < -0.4 is 0 Å². The highest BCUT2D eigenvalue weighted by Gasteiger charge is 2.44. The smallest absolute Gasteiger partial charge is 0.336 e. The van der Waals surface area contributed by atoms with E-state index in [9.17, 15) is 13.2 Å². The van der Waals surface area contributed by atoms with Crippen LogP contribution in [0.4, 0.5) is 0 Å². The van der Waals surface area contributed by atoms with E-state index in [1.165, 1.54) is 0 Å². The third-order valence-corrected chi connectivity index (χ3v) is 4.10. The maximum absolute atomic E-state index is 11.1. The number of hydrogen-bond donors (Lipinski definition) is 1. The van der Waals surface area contributed by atoms with E-state index in [2.05, 4.69) is 0 Å². The summed E-state index contributed by atoms with van der Waals surface area (Å²) in [5.74, 6) is -1.26. The van der Waals surface area contributed by atoms with Crippen molar-refractivity contribution in [3.05, 3.63) is 0 Å². The molecule has 0 atom stereocenters. The van der Waals surface area contributed by atoms with Crippen molar-refractivity contribution in [3.63, 3.8) is 0 Å². The van der Waals surface area contributed by atoms with Gasteiger partial charge in [-0.3, -0.25) is 0 Å². The summed E-state index contributed by atoms with van der Waals surface area (Å²) in [6.45, 7) is 1.99. The molecule has 0 saturated carbocycles. The van der Waals surface area contributed by atoms with Crippen molar-refractivity contribution in [2.75, 3.05) is 18.1 Å². The van der Waals surface area contributed by atoms with Crippen molar-refractivity contribution in [1.82, 2.24) is 0 Å². The Kier molecular flexibility index (Phi) is 3.16. The Morgan fingerprint density at radius 2 is 1.93 bits per heavy atom. The molecule has 1 aliphatic rings. The van der Waals surface area contributed by atoms with Crippen LogP contribution in [0.1, 0.15) is 19.8 Å². The van der Waals surface area contributed by atoms with Crippen LogP contribution in [-0.2, 0) is 19.4 Å². The number of carboxylic acid groups (broad SMARTS) is 1. The summed E-state index contributed by atoms with van der Waals surface area (Å²) >= 11 is 0. The van der Waals surface area contributed by atoms with E-state index in [1.807, 2.05) is 0 Å². The molecule has 14 heavy (non-hydrogen) atoms. The highest BCUT2D eigenvalue weighted by atomic mass is 32.2. The van der Waals surface area contributed by atoms with Crippen LogP contribution in [0.25, 0.3) is 0 Å². The number of ether oxygens (including phenoxy) is 1. The lowest BCUT2D eigenvalue weighted by molar-refractivity contribution is -0.166. The molecule has 6 heteroatoms. The van der Waals surface area contributed by atoms with Crippen molar-refractivity contribution < 1.29 is 23.1 Å². The van der Waals surface area contributed by atoms with Crippen molar-refractivity contribution in [2.24, 2.45) is 0 Å². The van der Waals surface area contributed by atoms with Crippen LogP contribution >= 0.6 is 0 Å². The van der Waals surface area contributed by atoms with Gasteiger partial charge in [0.15, 0.2) is 15.4 Å². The van der Waals surface area contributed by atoms with E-state index in [4.69, 9.17) is 9.84 Å². The van der Waals surface area contributed by atoms with Crippen molar-refractivity contribution in [3.8, 4) is 0 Å². The predicted octanol–water partition coefficient (Wildman–Crippen LogP) is 0.0549. The van der Waals surface area contributed by atoms with Crippen molar-refractivity contribution in [1.29, 1.82) is 0 Å². The van der Waals surface area contributed by atoms with Gasteiger partial charge in [-0.05, 0) is 6.92 Å². The highest BCUT2D eigenvalue weighted by Crippen LogP contribution is 2.27. The Hall–Kier alpha value is -0.620. The Labute approximate surface area is 83.0 Å². The predicted molar refractivity (Wildman–Crippen MR) is 49.9 cm³/mol. The molecule has 1 N–H and O–H groups in total. The third kappa shape index (κ3) is 2.24. The minimum Gasteiger partial charge on any atom is -0.479 e. The average molecular weight is 222 g/mol. The summed E-state index contributed by atoms with van der Waals surface area (Å²) in [6.07, 6.45) is 0.108. The van der Waals surface area contributed by atoms with Gasteiger partial charge in [0.05, 0.1) is 11.5 Å². The Morgan fingerprint density at radius 1 is 1.43 bits per heavy atom. The lowest BCUT2D eigenvalue weighted by Gasteiger charge is -2.32. The van der Waals surface area contributed by atoms with Gasteiger partial charge in [0.25, 0.3) is 0 Å².